The number of hydrogen-bond acceptors (Lipinski definition) is 4. The van der Waals surface area contributed by atoms with Gasteiger partial charge < -0.3 is 0 Å². The van der Waals surface area contributed by atoms with Crippen molar-refractivity contribution in [3.8, 4) is 0 Å². The molecule has 0 amide bonds. The van der Waals surface area contributed by atoms with E-state index in [0.29, 0.717) is 5.62 Å². The van der Waals surface area contributed by atoms with E-state index < -0.39 is 11.1 Å². The first kappa shape index (κ1) is 12.4. The monoisotopic (exact) mass is 178 g/mol. The van der Waals surface area contributed by atoms with Gasteiger partial charge in [-0.1, -0.05) is 23.3 Å². The molecule has 0 saturated carbocycles. The molecule has 0 radical (unpaired) electrons. The third-order valence-electron chi connectivity index (χ3n) is 0.376. The maximum atomic E-state index is 9.76. The summed E-state index contributed by atoms with van der Waals surface area (Å²) in [6, 6.07) is 0. The summed E-state index contributed by atoms with van der Waals surface area (Å²) in [4.78, 5) is 12.0. The first-order chi connectivity index (χ1) is 3.35. The Morgan fingerprint density at radius 1 is 1.75 bits per heavy atom. The van der Waals surface area contributed by atoms with Crippen LogP contribution in [0, 0.1) is 0 Å². The van der Waals surface area contributed by atoms with Gasteiger partial charge in [0.2, 0.25) is 0 Å². The molecule has 0 aromatic rings. The van der Waals surface area contributed by atoms with Crippen LogP contribution in [-0.2, 0) is 4.79 Å². The van der Waals surface area contributed by atoms with Crippen molar-refractivity contribution in [3.63, 3.8) is 0 Å². The van der Waals surface area contributed by atoms with Gasteiger partial charge in [-0.25, -0.2) is 4.83 Å². The molecule has 0 heterocycles. The van der Waals surface area contributed by atoms with E-state index >= 15 is 0 Å². The second-order valence-electron chi connectivity index (χ2n) is 0.747. The molecule has 6 heteroatoms. The van der Waals surface area contributed by atoms with Gasteiger partial charge in [0, 0.05) is 4.70 Å². The van der Waals surface area contributed by atoms with Gasteiger partial charge in [-0.15, -0.1) is 0 Å². The van der Waals surface area contributed by atoms with Crippen LogP contribution in [0.4, 0.5) is 0 Å². The molecule has 0 fully saturated rings. The molecule has 0 aromatic heterocycles. The van der Waals surface area contributed by atoms with Crippen molar-refractivity contribution in [2.24, 2.45) is 5.84 Å². The van der Waals surface area contributed by atoms with Crippen molar-refractivity contribution in [2.75, 3.05) is 0 Å². The molecule has 0 aromatic carbocycles. The number of thiocarbonyl (C=S) groups is 1. The summed E-state index contributed by atoms with van der Waals surface area (Å²) in [5.74, 6) is 4.84. The molecule has 0 aliphatic rings. The van der Waals surface area contributed by atoms with Crippen LogP contribution < -0.4 is 10.7 Å². The Kier molecular flexibility index (Phi) is 13.4. The molecule has 0 aliphatic heterocycles. The van der Waals surface area contributed by atoms with Crippen LogP contribution >= 0.6 is 23.3 Å². The van der Waals surface area contributed by atoms with Crippen molar-refractivity contribution in [1.29, 1.82) is 0 Å². The van der Waals surface area contributed by atoms with Crippen molar-refractivity contribution >= 4 is 85.0 Å². The van der Waals surface area contributed by atoms with Crippen LogP contribution in [0.25, 0.3) is 0 Å². The van der Waals surface area contributed by atoms with Gasteiger partial charge in [-0.05, 0) is 0 Å². The quantitative estimate of drug-likeness (QED) is 0.128. The summed E-state index contributed by atoms with van der Waals surface area (Å²) in [7, 11) is 0. The van der Waals surface area contributed by atoms with E-state index in [4.69, 9.17) is 5.84 Å². The Hall–Kier alpha value is 1.67. The Bertz CT molecular complexity index is 72.4. The molecule has 3 N–H and O–H groups in total. The fraction of sp³-hybridized carbons (Fsp3) is 0. The normalized spacial score (nSPS) is 13.4. The van der Waals surface area contributed by atoms with Crippen molar-refractivity contribution < 1.29 is 4.79 Å². The second-order valence-corrected chi connectivity index (χ2v) is 2.87. The van der Waals surface area contributed by atoms with Crippen LogP contribution in [0.3, 0.4) is 0 Å². The number of thiol groups is 1. The summed E-state index contributed by atoms with van der Waals surface area (Å²) in [6.45, 7) is 0. The minimum absolute atomic E-state index is 0. The molecular weight excluding hydrogens is 171 g/mol. The summed E-state index contributed by atoms with van der Waals surface area (Å²) < 4.78 is 1.32. The average molecular weight is 178 g/mol. The van der Waals surface area contributed by atoms with Crippen LogP contribution in [0.15, 0.2) is 0 Å². The van der Waals surface area contributed by atoms with Crippen LogP contribution in [-0.4, -0.2) is 61.7 Å². The fourth-order valence-corrected chi connectivity index (χ4v) is 0.589. The standard InChI is InChI=1S/C2H6N2OS2.K.H/c3-4-7(1-5)2-6;;/h1-2,4,7H,3H2;;. The van der Waals surface area contributed by atoms with Gasteiger partial charge in [-0.3, -0.25) is 10.6 Å². The van der Waals surface area contributed by atoms with Gasteiger partial charge in [0.25, 0.3) is 0 Å². The first-order valence-electron chi connectivity index (χ1n) is 1.50. The molecule has 0 rings (SSSR count). The van der Waals surface area contributed by atoms with E-state index in [2.05, 4.69) is 17.0 Å². The summed E-state index contributed by atoms with van der Waals surface area (Å²) in [5, 5.41) is 0. The van der Waals surface area contributed by atoms with Gasteiger partial charge in [-0.2, -0.15) is 0 Å². The third kappa shape index (κ3) is 5.80. The van der Waals surface area contributed by atoms with Gasteiger partial charge >= 0.3 is 51.4 Å². The Balaban J connectivity index is 0. The molecule has 1 unspecified atom stereocenters. The molecule has 8 heavy (non-hydrogen) atoms. The summed E-state index contributed by atoms with van der Waals surface area (Å²) >= 11 is 3.38. The van der Waals surface area contributed by atoms with Gasteiger partial charge in [0.1, 0.15) is 0 Å². The predicted molar refractivity (Wildman–Crippen MR) is 43.9 cm³/mol. The van der Waals surface area contributed by atoms with E-state index in [0.717, 1.165) is 0 Å². The van der Waals surface area contributed by atoms with Crippen molar-refractivity contribution in [2.45, 2.75) is 0 Å². The molecule has 0 spiro atoms. The summed E-state index contributed by atoms with van der Waals surface area (Å²) in [6.07, 6.45) is 0. The van der Waals surface area contributed by atoms with Crippen LogP contribution in [0.2, 0.25) is 0 Å². The molecule has 0 saturated heterocycles. The Labute approximate surface area is 98.6 Å². The molecule has 0 bridgehead atoms. The number of rotatable bonds is 3. The maximum absolute atomic E-state index is 9.76. The number of nitrogens with two attached hydrogens (primary N) is 1. The van der Waals surface area contributed by atoms with Crippen molar-refractivity contribution in [3.05, 3.63) is 0 Å². The van der Waals surface area contributed by atoms with Gasteiger partial charge in [0.05, 0.1) is 0 Å². The predicted octanol–water partition coefficient (Wildman–Crippen LogP) is -1.14. The van der Waals surface area contributed by atoms with E-state index in [1.165, 1.54) is 4.70 Å². The molecule has 3 nitrogen and oxygen atoms in total. The number of carbonyl (C=O) groups is 1. The number of hydrogen-bond donors (Lipinski definition) is 3. The zero-order valence-electron chi connectivity index (χ0n) is 3.50. The molecule has 1 atom stereocenters. The number of nitrogens with one attached hydrogen (secondary N) is 1. The third-order valence-corrected chi connectivity index (χ3v) is 1.81. The van der Waals surface area contributed by atoms with E-state index in [1.54, 1.807) is 0 Å². The molecule has 0 aliphatic carbocycles. The minimum atomic E-state index is -1.02. The zero-order valence-corrected chi connectivity index (χ0v) is 5.21. The SMILES string of the molecule is NN[SH](C=O)C=S.[KH]. The Morgan fingerprint density at radius 2 is 2.25 bits per heavy atom. The molecular formula is C2H7KN2OS2. The van der Waals surface area contributed by atoms with Crippen LogP contribution in [0.1, 0.15) is 0 Å². The van der Waals surface area contributed by atoms with E-state index in [9.17, 15) is 4.79 Å². The first-order valence-corrected chi connectivity index (χ1v) is 3.45. The fourth-order valence-electron chi connectivity index (χ4n) is 0.0857. The second kappa shape index (κ2) is 8.67. The van der Waals surface area contributed by atoms with Gasteiger partial charge in [0.15, 0.2) is 5.62 Å². The number of carbonyl (C=O) groups excluding carboxylic acids is 1. The topological polar surface area (TPSA) is 55.1 Å². The van der Waals surface area contributed by atoms with E-state index in [-0.39, 0.29) is 51.4 Å². The summed E-state index contributed by atoms with van der Waals surface area (Å²) in [5.41, 5.74) is 0.697. The number of hydrazine groups is 1. The van der Waals surface area contributed by atoms with Crippen molar-refractivity contribution in [1.82, 2.24) is 4.83 Å². The van der Waals surface area contributed by atoms with Crippen LogP contribution in [0.5, 0.6) is 0 Å². The zero-order chi connectivity index (χ0) is 5.70. The van der Waals surface area contributed by atoms with E-state index in [1.807, 2.05) is 0 Å². The average Bonchev–Trinajstić information content (AvgIpc) is 1.72. The Morgan fingerprint density at radius 3 is 2.25 bits per heavy atom. The molecule has 44 valence electrons.